The van der Waals surface area contributed by atoms with Gasteiger partial charge in [0, 0.05) is 17.6 Å². The fourth-order valence-corrected chi connectivity index (χ4v) is 3.29. The zero-order chi connectivity index (χ0) is 13.2. The summed E-state index contributed by atoms with van der Waals surface area (Å²) in [4.78, 5) is 24.4. The van der Waals surface area contributed by atoms with Gasteiger partial charge in [-0.1, -0.05) is 0 Å². The second-order valence-electron chi connectivity index (χ2n) is 4.10. The molecule has 0 aromatic carbocycles. The van der Waals surface area contributed by atoms with E-state index in [0.29, 0.717) is 17.1 Å². The number of nitrogens with zero attached hydrogens (tertiary/aromatic N) is 2. The summed E-state index contributed by atoms with van der Waals surface area (Å²) in [6.07, 6.45) is 1.87. The molecule has 0 radical (unpaired) electrons. The van der Waals surface area contributed by atoms with Crippen LogP contribution in [0.2, 0.25) is 0 Å². The first-order valence-electron chi connectivity index (χ1n) is 5.81. The van der Waals surface area contributed by atoms with E-state index in [1.165, 1.54) is 16.2 Å². The lowest BCUT2D eigenvalue weighted by molar-refractivity contribution is 0.668. The van der Waals surface area contributed by atoms with Gasteiger partial charge in [-0.3, -0.25) is 4.79 Å². The maximum atomic E-state index is 11.8. The van der Waals surface area contributed by atoms with Crippen molar-refractivity contribution in [2.24, 2.45) is 0 Å². The van der Waals surface area contributed by atoms with Gasteiger partial charge in [0.15, 0.2) is 0 Å². The molecular weight excluding hydrogens is 280 g/mol. The molecular formula is C12H12N4OS2. The SMILES string of the molecule is Cc1ncc(CNCc2nc3ccsc3c(=O)[nH]2)s1. The number of thiophene rings is 1. The minimum absolute atomic E-state index is 0.0644. The number of aromatic nitrogens is 3. The first-order chi connectivity index (χ1) is 9.22. The molecule has 0 atom stereocenters. The summed E-state index contributed by atoms with van der Waals surface area (Å²) >= 11 is 3.08. The van der Waals surface area contributed by atoms with Gasteiger partial charge in [-0.25, -0.2) is 9.97 Å². The minimum Gasteiger partial charge on any atom is -0.308 e. The lowest BCUT2D eigenvalue weighted by Gasteiger charge is -2.02. The highest BCUT2D eigenvalue weighted by molar-refractivity contribution is 7.17. The molecule has 0 spiro atoms. The molecule has 5 nitrogen and oxygen atoms in total. The van der Waals surface area contributed by atoms with Crippen LogP contribution in [0.3, 0.4) is 0 Å². The number of aromatic amines is 1. The molecule has 0 saturated heterocycles. The monoisotopic (exact) mass is 292 g/mol. The normalized spacial score (nSPS) is 11.2. The molecule has 19 heavy (non-hydrogen) atoms. The van der Waals surface area contributed by atoms with Gasteiger partial charge >= 0.3 is 0 Å². The van der Waals surface area contributed by atoms with Crippen LogP contribution in [0.5, 0.6) is 0 Å². The number of thiazole rings is 1. The van der Waals surface area contributed by atoms with Crippen LogP contribution in [0, 0.1) is 6.92 Å². The number of H-pyrrole nitrogens is 1. The van der Waals surface area contributed by atoms with Gasteiger partial charge < -0.3 is 10.3 Å². The second-order valence-corrected chi connectivity index (χ2v) is 6.33. The summed E-state index contributed by atoms with van der Waals surface area (Å²) in [5, 5.41) is 6.19. The summed E-state index contributed by atoms with van der Waals surface area (Å²) < 4.78 is 0.682. The van der Waals surface area contributed by atoms with E-state index in [9.17, 15) is 4.79 Å². The zero-order valence-corrected chi connectivity index (χ0v) is 11.9. The molecule has 3 aromatic rings. The molecule has 0 amide bonds. The lowest BCUT2D eigenvalue weighted by Crippen LogP contribution is -2.18. The van der Waals surface area contributed by atoms with Gasteiger partial charge in [0.1, 0.15) is 10.5 Å². The third-order valence-electron chi connectivity index (χ3n) is 2.62. The topological polar surface area (TPSA) is 70.7 Å². The van der Waals surface area contributed by atoms with Crippen molar-refractivity contribution in [3.63, 3.8) is 0 Å². The number of nitrogens with one attached hydrogen (secondary N) is 2. The average molecular weight is 292 g/mol. The van der Waals surface area contributed by atoms with Gasteiger partial charge in [-0.2, -0.15) is 0 Å². The van der Waals surface area contributed by atoms with Crippen molar-refractivity contribution < 1.29 is 0 Å². The third-order valence-corrected chi connectivity index (χ3v) is 4.44. The van der Waals surface area contributed by atoms with Crippen molar-refractivity contribution in [2.75, 3.05) is 0 Å². The van der Waals surface area contributed by atoms with E-state index in [1.54, 1.807) is 11.3 Å². The first-order valence-corrected chi connectivity index (χ1v) is 7.50. The van der Waals surface area contributed by atoms with Crippen molar-refractivity contribution in [1.29, 1.82) is 0 Å². The predicted octanol–water partition coefficient (Wildman–Crippen LogP) is 2.04. The van der Waals surface area contributed by atoms with E-state index in [1.807, 2.05) is 24.6 Å². The molecule has 0 saturated carbocycles. The van der Waals surface area contributed by atoms with Crippen LogP contribution in [0.15, 0.2) is 22.4 Å². The Balaban J connectivity index is 1.69. The van der Waals surface area contributed by atoms with Crippen LogP contribution in [0.25, 0.3) is 10.2 Å². The van der Waals surface area contributed by atoms with Crippen LogP contribution >= 0.6 is 22.7 Å². The minimum atomic E-state index is -0.0644. The lowest BCUT2D eigenvalue weighted by atomic mass is 10.4. The van der Waals surface area contributed by atoms with E-state index >= 15 is 0 Å². The number of hydrogen-bond acceptors (Lipinski definition) is 6. The summed E-state index contributed by atoms with van der Waals surface area (Å²) in [5.41, 5.74) is 0.699. The van der Waals surface area contributed by atoms with Crippen LogP contribution in [-0.2, 0) is 13.1 Å². The fourth-order valence-electron chi connectivity index (χ4n) is 1.80. The predicted molar refractivity (Wildman–Crippen MR) is 77.6 cm³/mol. The molecule has 98 valence electrons. The molecule has 3 aromatic heterocycles. The van der Waals surface area contributed by atoms with E-state index in [-0.39, 0.29) is 5.56 Å². The number of fused-ring (bicyclic) bond motifs is 1. The molecule has 0 aliphatic rings. The van der Waals surface area contributed by atoms with E-state index in [0.717, 1.165) is 17.1 Å². The largest absolute Gasteiger partial charge is 0.308 e. The van der Waals surface area contributed by atoms with Crippen molar-refractivity contribution in [2.45, 2.75) is 20.0 Å². The molecule has 2 N–H and O–H groups in total. The summed E-state index contributed by atoms with van der Waals surface area (Å²) in [6, 6.07) is 1.87. The number of aryl methyl sites for hydroxylation is 1. The molecule has 7 heteroatoms. The van der Waals surface area contributed by atoms with Crippen molar-refractivity contribution in [1.82, 2.24) is 20.3 Å². The Hall–Kier alpha value is -1.57. The van der Waals surface area contributed by atoms with Gasteiger partial charge in [0.2, 0.25) is 0 Å². The van der Waals surface area contributed by atoms with Crippen LogP contribution in [0.4, 0.5) is 0 Å². The highest BCUT2D eigenvalue weighted by Crippen LogP contribution is 2.14. The highest BCUT2D eigenvalue weighted by Gasteiger charge is 2.05. The zero-order valence-electron chi connectivity index (χ0n) is 10.3. The van der Waals surface area contributed by atoms with E-state index in [2.05, 4.69) is 20.3 Å². The van der Waals surface area contributed by atoms with E-state index < -0.39 is 0 Å². The Bertz CT molecular complexity index is 758. The molecule has 0 fully saturated rings. The smallest absolute Gasteiger partial charge is 0.268 e. The Morgan fingerprint density at radius 1 is 1.42 bits per heavy atom. The summed E-state index contributed by atoms with van der Waals surface area (Å²) in [6.45, 7) is 3.26. The number of rotatable bonds is 4. The Morgan fingerprint density at radius 2 is 2.32 bits per heavy atom. The van der Waals surface area contributed by atoms with Crippen LogP contribution < -0.4 is 10.9 Å². The average Bonchev–Trinajstić information content (AvgIpc) is 2.98. The standard InChI is InChI=1S/C12H12N4OS2/c1-7-14-5-8(19-7)4-13-6-10-15-9-2-3-18-11(9)12(17)16-10/h2-3,5,13H,4,6H2,1H3,(H,15,16,17). The van der Waals surface area contributed by atoms with Gasteiger partial charge in [-0.15, -0.1) is 22.7 Å². The third kappa shape index (κ3) is 2.73. The Kier molecular flexibility index (Phi) is 3.41. The van der Waals surface area contributed by atoms with Crippen molar-refractivity contribution in [3.05, 3.63) is 43.7 Å². The molecule has 3 heterocycles. The van der Waals surface area contributed by atoms with Gasteiger partial charge in [0.05, 0.1) is 17.1 Å². The molecule has 3 rings (SSSR count). The first kappa shape index (κ1) is 12.5. The molecule has 0 bridgehead atoms. The summed E-state index contributed by atoms with van der Waals surface area (Å²) in [5.74, 6) is 0.664. The quantitative estimate of drug-likeness (QED) is 0.772. The van der Waals surface area contributed by atoms with Gasteiger partial charge in [-0.05, 0) is 18.4 Å². The Labute approximate surface area is 117 Å². The summed E-state index contributed by atoms with van der Waals surface area (Å²) in [7, 11) is 0. The molecule has 0 aliphatic carbocycles. The maximum Gasteiger partial charge on any atom is 0.268 e. The second kappa shape index (κ2) is 5.20. The van der Waals surface area contributed by atoms with Crippen LogP contribution in [-0.4, -0.2) is 15.0 Å². The Morgan fingerprint density at radius 3 is 3.11 bits per heavy atom. The highest BCUT2D eigenvalue weighted by atomic mass is 32.1. The fraction of sp³-hybridized carbons (Fsp3) is 0.250. The number of hydrogen-bond donors (Lipinski definition) is 2. The maximum absolute atomic E-state index is 11.8. The van der Waals surface area contributed by atoms with Gasteiger partial charge in [0.25, 0.3) is 5.56 Å². The van der Waals surface area contributed by atoms with Crippen molar-refractivity contribution in [3.8, 4) is 0 Å². The molecule has 0 aliphatic heterocycles. The van der Waals surface area contributed by atoms with Crippen molar-refractivity contribution >= 4 is 32.9 Å². The molecule has 0 unspecified atom stereocenters. The van der Waals surface area contributed by atoms with Crippen LogP contribution in [0.1, 0.15) is 15.7 Å². The van der Waals surface area contributed by atoms with E-state index in [4.69, 9.17) is 0 Å².